The van der Waals surface area contributed by atoms with Crippen LogP contribution in [0.1, 0.15) is 39.9 Å². The summed E-state index contributed by atoms with van der Waals surface area (Å²) >= 11 is 0. The molecule has 2 aromatic carbocycles. The van der Waals surface area contributed by atoms with Crippen LogP contribution >= 0.6 is 0 Å². The number of benzene rings is 2. The summed E-state index contributed by atoms with van der Waals surface area (Å²) in [6.45, 7) is 5.50. The maximum atomic E-state index is 13.2. The minimum absolute atomic E-state index is 0.0201. The van der Waals surface area contributed by atoms with Gasteiger partial charge in [0.05, 0.1) is 18.2 Å². The van der Waals surface area contributed by atoms with Crippen LogP contribution in [0.15, 0.2) is 53.3 Å². The van der Waals surface area contributed by atoms with Gasteiger partial charge in [-0.2, -0.15) is 0 Å². The number of nitrogens with one attached hydrogen (secondary N) is 1. The van der Waals surface area contributed by atoms with Crippen LogP contribution in [0.4, 0.5) is 0 Å². The van der Waals surface area contributed by atoms with Gasteiger partial charge in [0.1, 0.15) is 0 Å². The molecule has 1 amide bonds. The van der Waals surface area contributed by atoms with Crippen LogP contribution in [0.5, 0.6) is 0 Å². The largest absolute Gasteiger partial charge is 0.376 e. The molecule has 1 N–H and O–H groups in total. The predicted octanol–water partition coefficient (Wildman–Crippen LogP) is 3.97. The number of carbonyl (C=O) groups excluding carboxylic acids is 1. The number of aryl methyl sites for hydroxylation is 2. The first-order valence-corrected chi connectivity index (χ1v) is 10.1. The molecule has 0 saturated carbocycles. The number of nitrogens with zero attached hydrogens (tertiary/aromatic N) is 1. The minimum Gasteiger partial charge on any atom is -0.376 e. The summed E-state index contributed by atoms with van der Waals surface area (Å²) in [6.07, 6.45) is 1.96. The number of hydrogen-bond acceptors (Lipinski definition) is 3. The van der Waals surface area contributed by atoms with Crippen LogP contribution in [0.2, 0.25) is 0 Å². The second-order valence-corrected chi connectivity index (χ2v) is 7.86. The van der Waals surface area contributed by atoms with Crippen molar-refractivity contribution >= 4 is 16.8 Å². The number of fused-ring (bicyclic) bond motifs is 1. The van der Waals surface area contributed by atoms with Crippen molar-refractivity contribution in [1.29, 1.82) is 0 Å². The van der Waals surface area contributed by atoms with Gasteiger partial charge in [-0.15, -0.1) is 0 Å². The van der Waals surface area contributed by atoms with E-state index in [9.17, 15) is 9.59 Å². The van der Waals surface area contributed by atoms with Crippen LogP contribution in [-0.2, 0) is 11.3 Å². The first-order valence-electron chi connectivity index (χ1n) is 10.1. The Hall–Kier alpha value is -2.92. The number of aromatic amines is 1. The van der Waals surface area contributed by atoms with Crippen molar-refractivity contribution in [1.82, 2.24) is 9.88 Å². The molecule has 29 heavy (non-hydrogen) atoms. The monoisotopic (exact) mass is 390 g/mol. The molecule has 0 bridgehead atoms. The Kier molecular flexibility index (Phi) is 5.49. The highest BCUT2D eigenvalue weighted by Crippen LogP contribution is 2.20. The van der Waals surface area contributed by atoms with Gasteiger partial charge in [0.25, 0.3) is 11.5 Å². The summed E-state index contributed by atoms with van der Waals surface area (Å²) in [7, 11) is 0. The molecule has 1 saturated heterocycles. The average Bonchev–Trinajstić information content (AvgIpc) is 3.22. The number of carbonyl (C=O) groups is 1. The van der Waals surface area contributed by atoms with Crippen molar-refractivity contribution in [2.75, 3.05) is 13.2 Å². The Morgan fingerprint density at radius 3 is 2.69 bits per heavy atom. The van der Waals surface area contributed by atoms with Crippen molar-refractivity contribution in [2.24, 2.45) is 0 Å². The fourth-order valence-corrected chi connectivity index (χ4v) is 4.07. The number of hydrogen-bond donors (Lipinski definition) is 1. The van der Waals surface area contributed by atoms with Gasteiger partial charge in [0.2, 0.25) is 0 Å². The van der Waals surface area contributed by atoms with Crippen molar-refractivity contribution in [2.45, 2.75) is 39.3 Å². The fourth-order valence-electron chi connectivity index (χ4n) is 4.07. The summed E-state index contributed by atoms with van der Waals surface area (Å²) in [5.74, 6) is -0.0824. The lowest BCUT2D eigenvalue weighted by atomic mass is 10.0. The normalized spacial score (nSPS) is 16.3. The minimum atomic E-state index is -0.150. The van der Waals surface area contributed by atoms with Crippen LogP contribution in [0, 0.1) is 13.8 Å². The maximum absolute atomic E-state index is 13.2. The molecular formula is C24H26N2O3. The van der Waals surface area contributed by atoms with Crippen LogP contribution < -0.4 is 5.56 Å². The van der Waals surface area contributed by atoms with Gasteiger partial charge < -0.3 is 14.6 Å². The number of pyridine rings is 1. The fraction of sp³-hybridized carbons (Fsp3) is 0.333. The maximum Gasteiger partial charge on any atom is 0.254 e. The molecule has 3 aromatic rings. The molecule has 1 aliphatic rings. The number of aromatic nitrogens is 1. The van der Waals surface area contributed by atoms with E-state index in [1.807, 2.05) is 50.2 Å². The molecule has 5 heteroatoms. The van der Waals surface area contributed by atoms with E-state index >= 15 is 0 Å². The number of ether oxygens (including phenoxy) is 1. The predicted molar refractivity (Wildman–Crippen MR) is 114 cm³/mol. The SMILES string of the molecule is Cc1cc(C)c2[nH]c(=O)c(CN(C[C@H]3CCCO3)C(=O)c3ccccc3)cc2c1. The smallest absolute Gasteiger partial charge is 0.254 e. The van der Waals surface area contributed by atoms with E-state index < -0.39 is 0 Å². The highest BCUT2D eigenvalue weighted by atomic mass is 16.5. The number of amides is 1. The van der Waals surface area contributed by atoms with E-state index in [0.29, 0.717) is 17.7 Å². The molecule has 0 spiro atoms. The van der Waals surface area contributed by atoms with E-state index in [2.05, 4.69) is 17.1 Å². The molecule has 1 aromatic heterocycles. The van der Waals surface area contributed by atoms with E-state index in [4.69, 9.17) is 4.74 Å². The van der Waals surface area contributed by atoms with Crippen molar-refractivity contribution < 1.29 is 9.53 Å². The van der Waals surface area contributed by atoms with Crippen LogP contribution in [0.3, 0.4) is 0 Å². The lowest BCUT2D eigenvalue weighted by Gasteiger charge is -2.25. The molecule has 150 valence electrons. The zero-order valence-corrected chi connectivity index (χ0v) is 16.9. The first kappa shape index (κ1) is 19.4. The lowest BCUT2D eigenvalue weighted by Crippen LogP contribution is -2.38. The third kappa shape index (κ3) is 4.25. The van der Waals surface area contributed by atoms with Gasteiger partial charge in [0, 0.05) is 24.3 Å². The van der Waals surface area contributed by atoms with E-state index in [-0.39, 0.29) is 24.1 Å². The Morgan fingerprint density at radius 2 is 1.97 bits per heavy atom. The Morgan fingerprint density at radius 1 is 1.17 bits per heavy atom. The Bertz CT molecular complexity index is 1080. The van der Waals surface area contributed by atoms with Gasteiger partial charge in [-0.05, 0) is 61.9 Å². The second kappa shape index (κ2) is 8.21. The van der Waals surface area contributed by atoms with Crippen molar-refractivity contribution in [3.8, 4) is 0 Å². The molecule has 4 rings (SSSR count). The van der Waals surface area contributed by atoms with Gasteiger partial charge in [-0.25, -0.2) is 0 Å². The standard InChI is InChI=1S/C24H26N2O3/c1-16-11-17(2)22-19(12-16)13-20(23(27)25-22)14-26(15-21-9-6-10-29-21)24(28)18-7-4-3-5-8-18/h3-5,7-8,11-13,21H,6,9-10,14-15H2,1-2H3,(H,25,27)/t21-/m1/s1. The first-order chi connectivity index (χ1) is 14.0. The molecule has 1 atom stereocenters. The molecule has 0 aliphatic carbocycles. The van der Waals surface area contributed by atoms with E-state index in [1.165, 1.54) is 0 Å². The number of rotatable bonds is 5. The summed E-state index contributed by atoms with van der Waals surface area (Å²) in [5, 5.41) is 0.987. The van der Waals surface area contributed by atoms with E-state index in [1.54, 1.807) is 4.90 Å². The third-order valence-corrected chi connectivity index (χ3v) is 5.49. The Balaban J connectivity index is 1.68. The van der Waals surface area contributed by atoms with Crippen LogP contribution in [0.25, 0.3) is 10.9 Å². The molecule has 0 radical (unpaired) electrons. The zero-order chi connectivity index (χ0) is 20.4. The molecule has 2 heterocycles. The van der Waals surface area contributed by atoms with Crippen LogP contribution in [-0.4, -0.2) is 35.0 Å². The molecular weight excluding hydrogens is 364 g/mol. The third-order valence-electron chi connectivity index (χ3n) is 5.49. The summed E-state index contributed by atoms with van der Waals surface area (Å²) < 4.78 is 5.76. The molecule has 1 aliphatic heterocycles. The lowest BCUT2D eigenvalue weighted by molar-refractivity contribution is 0.0506. The highest BCUT2D eigenvalue weighted by molar-refractivity contribution is 5.94. The topological polar surface area (TPSA) is 62.4 Å². The summed E-state index contributed by atoms with van der Waals surface area (Å²) in [4.78, 5) is 30.7. The number of H-pyrrole nitrogens is 1. The average molecular weight is 390 g/mol. The second-order valence-electron chi connectivity index (χ2n) is 7.86. The summed E-state index contributed by atoms with van der Waals surface area (Å²) in [5.41, 5.74) is 4.09. The van der Waals surface area contributed by atoms with Gasteiger partial charge in [-0.3, -0.25) is 9.59 Å². The van der Waals surface area contributed by atoms with Crippen molar-refractivity contribution in [3.05, 3.63) is 81.1 Å². The zero-order valence-electron chi connectivity index (χ0n) is 16.9. The van der Waals surface area contributed by atoms with Gasteiger partial charge in [-0.1, -0.05) is 29.8 Å². The summed E-state index contributed by atoms with van der Waals surface area (Å²) in [6, 6.07) is 15.2. The van der Waals surface area contributed by atoms with Gasteiger partial charge in [0.15, 0.2) is 0 Å². The quantitative estimate of drug-likeness (QED) is 0.717. The molecule has 0 unspecified atom stereocenters. The van der Waals surface area contributed by atoms with E-state index in [0.717, 1.165) is 41.5 Å². The van der Waals surface area contributed by atoms with Gasteiger partial charge >= 0.3 is 0 Å². The molecule has 5 nitrogen and oxygen atoms in total. The Labute approximate surface area is 170 Å². The molecule has 1 fully saturated rings. The highest BCUT2D eigenvalue weighted by Gasteiger charge is 2.24. The van der Waals surface area contributed by atoms with Crippen molar-refractivity contribution in [3.63, 3.8) is 0 Å².